The molecular weight excluding hydrogens is 356 g/mol. The minimum Gasteiger partial charge on any atom is -0.441 e. The molecule has 1 unspecified atom stereocenters. The number of pyridine rings is 1. The fourth-order valence-corrected chi connectivity index (χ4v) is 4.72. The van der Waals surface area contributed by atoms with Gasteiger partial charge >= 0.3 is 0 Å². The predicted octanol–water partition coefficient (Wildman–Crippen LogP) is 2.41. The third kappa shape index (κ3) is 3.08. The van der Waals surface area contributed by atoms with Crippen molar-refractivity contribution in [3.8, 4) is 11.5 Å². The summed E-state index contributed by atoms with van der Waals surface area (Å²) >= 11 is 0. The summed E-state index contributed by atoms with van der Waals surface area (Å²) < 4.78 is 5.90. The molecule has 2 aromatic heterocycles. The third-order valence-corrected chi connectivity index (χ3v) is 6.22. The van der Waals surface area contributed by atoms with Gasteiger partial charge in [0.15, 0.2) is 0 Å². The van der Waals surface area contributed by atoms with Crippen LogP contribution in [0.3, 0.4) is 0 Å². The van der Waals surface area contributed by atoms with Crippen molar-refractivity contribution in [2.24, 2.45) is 5.92 Å². The van der Waals surface area contributed by atoms with Gasteiger partial charge in [0.25, 0.3) is 0 Å². The van der Waals surface area contributed by atoms with Gasteiger partial charge in [-0.1, -0.05) is 12.8 Å². The molecule has 2 aliphatic heterocycles. The summed E-state index contributed by atoms with van der Waals surface area (Å²) in [6.45, 7) is 1.64. The van der Waals surface area contributed by atoms with Crippen LogP contribution in [0.2, 0.25) is 0 Å². The van der Waals surface area contributed by atoms with Gasteiger partial charge < -0.3 is 14.2 Å². The molecule has 28 heavy (non-hydrogen) atoms. The van der Waals surface area contributed by atoms with Gasteiger partial charge in [0.05, 0.1) is 18.0 Å². The first-order valence-corrected chi connectivity index (χ1v) is 10.2. The molecule has 1 saturated carbocycles. The fraction of sp³-hybridized carbons (Fsp3) is 0.524. The molecule has 2 aromatic rings. The Morgan fingerprint density at radius 3 is 2.89 bits per heavy atom. The van der Waals surface area contributed by atoms with Gasteiger partial charge in [-0.3, -0.25) is 14.6 Å². The maximum absolute atomic E-state index is 13.1. The number of oxazole rings is 1. The van der Waals surface area contributed by atoms with Crippen molar-refractivity contribution in [3.05, 3.63) is 36.0 Å². The van der Waals surface area contributed by atoms with Crippen molar-refractivity contribution < 1.29 is 14.0 Å². The van der Waals surface area contributed by atoms with Crippen molar-refractivity contribution >= 4 is 11.8 Å². The molecule has 7 nitrogen and oxygen atoms in total. The first-order valence-electron chi connectivity index (χ1n) is 10.2. The number of amides is 2. The minimum atomic E-state index is -0.223. The Kier molecular flexibility index (Phi) is 4.37. The molecule has 4 heterocycles. The van der Waals surface area contributed by atoms with E-state index < -0.39 is 0 Å². The van der Waals surface area contributed by atoms with Gasteiger partial charge in [0.1, 0.15) is 11.5 Å². The SMILES string of the molecule is O=C(C1CC(=O)N(C2CCCC2)C1)N1CCc2oc(-c3cccnc3)nc2C1. The van der Waals surface area contributed by atoms with Gasteiger partial charge in [-0.15, -0.1) is 0 Å². The lowest BCUT2D eigenvalue weighted by molar-refractivity contribution is -0.136. The molecule has 2 amide bonds. The molecule has 5 rings (SSSR count). The maximum atomic E-state index is 13.1. The van der Waals surface area contributed by atoms with E-state index in [1.807, 2.05) is 21.9 Å². The van der Waals surface area contributed by atoms with Gasteiger partial charge in [-0.05, 0) is 25.0 Å². The summed E-state index contributed by atoms with van der Waals surface area (Å²) in [4.78, 5) is 38.0. The van der Waals surface area contributed by atoms with E-state index in [1.54, 1.807) is 12.4 Å². The van der Waals surface area contributed by atoms with Crippen LogP contribution in [0.5, 0.6) is 0 Å². The summed E-state index contributed by atoms with van der Waals surface area (Å²) in [6, 6.07) is 4.10. The number of fused-ring (bicyclic) bond motifs is 1. The number of hydrogen-bond donors (Lipinski definition) is 0. The molecule has 1 atom stereocenters. The smallest absolute Gasteiger partial charge is 0.228 e. The average molecular weight is 380 g/mol. The molecule has 0 radical (unpaired) electrons. The number of rotatable bonds is 3. The molecular formula is C21H24N4O3. The van der Waals surface area contributed by atoms with E-state index in [1.165, 1.54) is 12.8 Å². The zero-order valence-electron chi connectivity index (χ0n) is 15.8. The topological polar surface area (TPSA) is 79.5 Å². The van der Waals surface area contributed by atoms with Crippen LogP contribution in [0.4, 0.5) is 0 Å². The zero-order chi connectivity index (χ0) is 19.1. The first kappa shape index (κ1) is 17.4. The van der Waals surface area contributed by atoms with Gasteiger partial charge in [-0.25, -0.2) is 4.98 Å². The Bertz CT molecular complexity index is 888. The molecule has 0 spiro atoms. The number of nitrogens with zero attached hydrogens (tertiary/aromatic N) is 4. The first-order chi connectivity index (χ1) is 13.7. The number of hydrogen-bond acceptors (Lipinski definition) is 5. The van der Waals surface area contributed by atoms with Crippen LogP contribution in [-0.4, -0.2) is 50.7 Å². The zero-order valence-corrected chi connectivity index (χ0v) is 15.8. The molecule has 3 aliphatic rings. The summed E-state index contributed by atoms with van der Waals surface area (Å²) in [5, 5.41) is 0. The summed E-state index contributed by atoms with van der Waals surface area (Å²) in [5.74, 6) is 1.39. The van der Waals surface area contributed by atoms with Crippen molar-refractivity contribution in [1.29, 1.82) is 0 Å². The highest BCUT2D eigenvalue weighted by molar-refractivity contribution is 5.89. The highest BCUT2D eigenvalue weighted by atomic mass is 16.4. The van der Waals surface area contributed by atoms with Crippen molar-refractivity contribution in [2.75, 3.05) is 13.1 Å². The Morgan fingerprint density at radius 1 is 1.25 bits per heavy atom. The standard InChI is InChI=1S/C21H24N4O3/c26-19-10-15(12-25(19)16-5-1-2-6-16)21(27)24-9-7-18-17(13-24)23-20(28-18)14-4-3-8-22-11-14/h3-4,8,11,15-16H,1-2,5-7,9-10,12-13H2. The lowest BCUT2D eigenvalue weighted by atomic mass is 10.0. The normalized spacial score (nSPS) is 22.7. The second-order valence-corrected chi connectivity index (χ2v) is 8.03. The highest BCUT2D eigenvalue weighted by Crippen LogP contribution is 2.32. The second-order valence-electron chi connectivity index (χ2n) is 8.03. The van der Waals surface area contributed by atoms with E-state index in [9.17, 15) is 9.59 Å². The van der Waals surface area contributed by atoms with Crippen LogP contribution in [0.15, 0.2) is 28.9 Å². The van der Waals surface area contributed by atoms with Crippen LogP contribution in [0.25, 0.3) is 11.5 Å². The molecule has 1 saturated heterocycles. The Labute approximate surface area is 163 Å². The van der Waals surface area contributed by atoms with Crippen LogP contribution in [0.1, 0.15) is 43.6 Å². The van der Waals surface area contributed by atoms with Crippen molar-refractivity contribution in [1.82, 2.24) is 19.8 Å². The molecule has 146 valence electrons. The number of likely N-dealkylation sites (tertiary alicyclic amines) is 1. The number of carbonyl (C=O) groups is 2. The maximum Gasteiger partial charge on any atom is 0.228 e. The molecule has 7 heteroatoms. The van der Waals surface area contributed by atoms with E-state index in [2.05, 4.69) is 9.97 Å². The molecule has 0 N–H and O–H groups in total. The summed E-state index contributed by atoms with van der Waals surface area (Å²) in [5.41, 5.74) is 1.65. The third-order valence-electron chi connectivity index (χ3n) is 6.22. The van der Waals surface area contributed by atoms with Gasteiger partial charge in [-0.2, -0.15) is 0 Å². The molecule has 0 bridgehead atoms. The number of aromatic nitrogens is 2. The van der Waals surface area contributed by atoms with Crippen molar-refractivity contribution in [2.45, 2.75) is 51.1 Å². The monoisotopic (exact) mass is 380 g/mol. The molecule has 1 aliphatic carbocycles. The van der Waals surface area contributed by atoms with E-state index in [0.717, 1.165) is 29.9 Å². The van der Waals surface area contributed by atoms with Crippen LogP contribution >= 0.6 is 0 Å². The van der Waals surface area contributed by atoms with E-state index in [-0.39, 0.29) is 17.7 Å². The Balaban J connectivity index is 1.28. The number of carbonyl (C=O) groups excluding carboxylic acids is 2. The van der Waals surface area contributed by atoms with E-state index >= 15 is 0 Å². The minimum absolute atomic E-state index is 0.0745. The Hall–Kier alpha value is -2.70. The van der Waals surface area contributed by atoms with Crippen LogP contribution < -0.4 is 0 Å². The van der Waals surface area contributed by atoms with E-state index in [0.29, 0.717) is 44.4 Å². The van der Waals surface area contributed by atoms with Crippen LogP contribution in [0, 0.1) is 5.92 Å². The summed E-state index contributed by atoms with van der Waals surface area (Å²) in [7, 11) is 0. The largest absolute Gasteiger partial charge is 0.441 e. The van der Waals surface area contributed by atoms with Gasteiger partial charge in [0, 0.05) is 44.4 Å². The van der Waals surface area contributed by atoms with Crippen molar-refractivity contribution in [3.63, 3.8) is 0 Å². The van der Waals surface area contributed by atoms with Gasteiger partial charge in [0.2, 0.25) is 17.7 Å². The van der Waals surface area contributed by atoms with Crippen LogP contribution in [-0.2, 0) is 22.6 Å². The Morgan fingerprint density at radius 2 is 2.11 bits per heavy atom. The predicted molar refractivity (Wildman–Crippen MR) is 101 cm³/mol. The average Bonchev–Trinajstić information content (AvgIpc) is 3.46. The lowest BCUT2D eigenvalue weighted by Crippen LogP contribution is -2.41. The second kappa shape index (κ2) is 7.04. The van der Waals surface area contributed by atoms with E-state index in [4.69, 9.17) is 4.42 Å². The molecule has 2 fully saturated rings. The highest BCUT2D eigenvalue weighted by Gasteiger charge is 2.41. The lowest BCUT2D eigenvalue weighted by Gasteiger charge is -2.28. The molecule has 0 aromatic carbocycles. The fourth-order valence-electron chi connectivity index (χ4n) is 4.72. The summed E-state index contributed by atoms with van der Waals surface area (Å²) in [6.07, 6.45) is 8.97. The quantitative estimate of drug-likeness (QED) is 0.817.